The molecule has 8 heteroatoms. The Morgan fingerprint density at radius 2 is 1.91 bits per heavy atom. The molecule has 2 rings (SSSR count). The van der Waals surface area contributed by atoms with Crippen molar-refractivity contribution in [3.05, 3.63) is 35.5 Å². The molecule has 1 aromatic heterocycles. The molecule has 0 aliphatic carbocycles. The molecule has 0 aliphatic heterocycles. The Morgan fingerprint density at radius 3 is 2.57 bits per heavy atom. The number of benzene rings is 1. The minimum absolute atomic E-state index is 0.239. The van der Waals surface area contributed by atoms with E-state index < -0.39 is 10.0 Å². The number of hydrogen-bond donors (Lipinski definition) is 3. The van der Waals surface area contributed by atoms with Crippen molar-refractivity contribution in [1.82, 2.24) is 14.7 Å². The van der Waals surface area contributed by atoms with Crippen LogP contribution in [0.15, 0.2) is 29.3 Å². The maximum absolute atomic E-state index is 12.1. The third-order valence-electron chi connectivity index (χ3n) is 3.32. The van der Waals surface area contributed by atoms with Gasteiger partial charge in [-0.3, -0.25) is 0 Å². The van der Waals surface area contributed by atoms with Gasteiger partial charge in [0.2, 0.25) is 16.0 Å². The first-order chi connectivity index (χ1) is 10.9. The van der Waals surface area contributed by atoms with Crippen LogP contribution in [0.25, 0.3) is 0 Å². The first-order valence-electron chi connectivity index (χ1n) is 7.26. The lowest BCUT2D eigenvalue weighted by Gasteiger charge is -2.13. The van der Waals surface area contributed by atoms with E-state index in [2.05, 4.69) is 25.3 Å². The van der Waals surface area contributed by atoms with Crippen molar-refractivity contribution in [3.8, 4) is 0 Å². The summed E-state index contributed by atoms with van der Waals surface area (Å²) in [6, 6.07) is 5.17. The van der Waals surface area contributed by atoms with E-state index in [1.165, 1.54) is 7.05 Å². The number of rotatable bonds is 6. The van der Waals surface area contributed by atoms with Crippen molar-refractivity contribution in [2.45, 2.75) is 25.7 Å². The Balaban J connectivity index is 2.38. The van der Waals surface area contributed by atoms with Gasteiger partial charge in [-0.15, -0.1) is 0 Å². The molecule has 1 aromatic carbocycles. The molecule has 124 valence electrons. The predicted octanol–water partition coefficient (Wildman–Crippen LogP) is 2.18. The van der Waals surface area contributed by atoms with E-state index >= 15 is 0 Å². The first kappa shape index (κ1) is 17.2. The highest BCUT2D eigenvalue weighted by Gasteiger charge is 2.15. The maximum Gasteiger partial charge on any atom is 0.240 e. The van der Waals surface area contributed by atoms with Crippen molar-refractivity contribution in [1.29, 1.82) is 0 Å². The van der Waals surface area contributed by atoms with Crippen LogP contribution in [0.4, 0.5) is 17.5 Å². The van der Waals surface area contributed by atoms with Crippen LogP contribution in [0.5, 0.6) is 0 Å². The summed E-state index contributed by atoms with van der Waals surface area (Å²) in [5.74, 6) is 1.16. The highest BCUT2D eigenvalue weighted by Crippen LogP contribution is 2.24. The number of hydrogen-bond acceptors (Lipinski definition) is 6. The Morgan fingerprint density at radius 1 is 1.17 bits per heavy atom. The Kier molecular flexibility index (Phi) is 5.17. The van der Waals surface area contributed by atoms with Gasteiger partial charge in [0.15, 0.2) is 0 Å². The van der Waals surface area contributed by atoms with E-state index in [0.29, 0.717) is 23.0 Å². The van der Waals surface area contributed by atoms with Crippen molar-refractivity contribution < 1.29 is 8.42 Å². The largest absolute Gasteiger partial charge is 0.354 e. The molecule has 3 N–H and O–H groups in total. The van der Waals surface area contributed by atoms with Crippen LogP contribution in [-0.2, 0) is 10.0 Å². The second-order valence-electron chi connectivity index (χ2n) is 5.07. The summed E-state index contributed by atoms with van der Waals surface area (Å²) < 4.78 is 26.5. The SMILES string of the molecule is CCNc1ncc(C)c(Nc2ccc(C)c(S(=O)(=O)NC)c2)n1. The zero-order valence-electron chi connectivity index (χ0n) is 13.6. The molecular formula is C15H21N5O2S. The van der Waals surface area contributed by atoms with Crippen molar-refractivity contribution in [3.63, 3.8) is 0 Å². The fourth-order valence-electron chi connectivity index (χ4n) is 2.03. The summed E-state index contributed by atoms with van der Waals surface area (Å²) in [5.41, 5.74) is 2.19. The lowest BCUT2D eigenvalue weighted by atomic mass is 10.2. The summed E-state index contributed by atoms with van der Waals surface area (Å²) in [4.78, 5) is 8.82. The van der Waals surface area contributed by atoms with Gasteiger partial charge in [-0.2, -0.15) is 4.98 Å². The molecule has 0 amide bonds. The highest BCUT2D eigenvalue weighted by molar-refractivity contribution is 7.89. The van der Waals surface area contributed by atoms with Crippen molar-refractivity contribution >= 4 is 27.5 Å². The van der Waals surface area contributed by atoms with Gasteiger partial charge >= 0.3 is 0 Å². The molecular weight excluding hydrogens is 314 g/mol. The topological polar surface area (TPSA) is 96.0 Å². The minimum Gasteiger partial charge on any atom is -0.354 e. The van der Waals surface area contributed by atoms with Gasteiger partial charge in [0.05, 0.1) is 4.90 Å². The summed E-state index contributed by atoms with van der Waals surface area (Å²) in [7, 11) is -2.11. The van der Waals surface area contributed by atoms with Gasteiger partial charge in [-0.25, -0.2) is 18.1 Å². The van der Waals surface area contributed by atoms with Gasteiger partial charge in [-0.05, 0) is 45.5 Å². The number of anilines is 3. The Labute approximate surface area is 136 Å². The fourth-order valence-corrected chi connectivity index (χ4v) is 3.02. The summed E-state index contributed by atoms with van der Waals surface area (Å²) >= 11 is 0. The maximum atomic E-state index is 12.1. The summed E-state index contributed by atoms with van der Waals surface area (Å²) in [6.07, 6.45) is 1.72. The molecule has 0 saturated carbocycles. The predicted molar refractivity (Wildman–Crippen MR) is 91.6 cm³/mol. The van der Waals surface area contributed by atoms with Gasteiger partial charge in [0, 0.05) is 24.0 Å². The molecule has 0 radical (unpaired) electrons. The number of aromatic nitrogens is 2. The van der Waals surface area contributed by atoms with Gasteiger partial charge in [0.25, 0.3) is 0 Å². The quantitative estimate of drug-likeness (QED) is 0.749. The van der Waals surface area contributed by atoms with E-state index in [0.717, 1.165) is 12.1 Å². The van der Waals surface area contributed by atoms with E-state index in [1.54, 1.807) is 25.3 Å². The summed E-state index contributed by atoms with van der Waals surface area (Å²) in [6.45, 7) is 6.33. The zero-order chi connectivity index (χ0) is 17.0. The lowest BCUT2D eigenvalue weighted by molar-refractivity contribution is 0.587. The Bertz CT molecular complexity index is 806. The second kappa shape index (κ2) is 6.93. The van der Waals surface area contributed by atoms with Crippen LogP contribution >= 0.6 is 0 Å². The van der Waals surface area contributed by atoms with Crippen molar-refractivity contribution in [2.24, 2.45) is 0 Å². The second-order valence-corrected chi connectivity index (χ2v) is 6.92. The van der Waals surface area contributed by atoms with Crippen LogP contribution in [0.1, 0.15) is 18.1 Å². The number of nitrogens with zero attached hydrogens (tertiary/aromatic N) is 2. The number of nitrogens with one attached hydrogen (secondary N) is 3. The fraction of sp³-hybridized carbons (Fsp3) is 0.333. The monoisotopic (exact) mass is 335 g/mol. The molecule has 0 bridgehead atoms. The van der Waals surface area contributed by atoms with E-state index in [1.807, 2.05) is 19.9 Å². The number of aryl methyl sites for hydroxylation is 2. The van der Waals surface area contributed by atoms with Crippen LogP contribution in [0.3, 0.4) is 0 Å². The lowest BCUT2D eigenvalue weighted by Crippen LogP contribution is -2.19. The van der Waals surface area contributed by atoms with Crippen LogP contribution in [-0.4, -0.2) is 32.0 Å². The van der Waals surface area contributed by atoms with E-state index in [4.69, 9.17) is 0 Å². The van der Waals surface area contributed by atoms with Gasteiger partial charge in [0.1, 0.15) is 5.82 Å². The molecule has 2 aromatic rings. The first-order valence-corrected chi connectivity index (χ1v) is 8.74. The standard InChI is InChI=1S/C15H21N5O2S/c1-5-17-15-18-9-11(3)14(20-15)19-12-7-6-10(2)13(8-12)23(21,22)16-4/h6-9,16H,5H2,1-4H3,(H2,17,18,19,20). The third-order valence-corrected chi connectivity index (χ3v) is 4.87. The van der Waals surface area contributed by atoms with Crippen LogP contribution < -0.4 is 15.4 Å². The molecule has 0 fully saturated rings. The molecule has 0 saturated heterocycles. The molecule has 0 aliphatic rings. The molecule has 23 heavy (non-hydrogen) atoms. The normalized spacial score (nSPS) is 11.3. The van der Waals surface area contributed by atoms with Gasteiger partial charge in [-0.1, -0.05) is 6.07 Å². The molecule has 0 atom stereocenters. The van der Waals surface area contributed by atoms with E-state index in [9.17, 15) is 8.42 Å². The molecule has 0 spiro atoms. The van der Waals surface area contributed by atoms with Crippen molar-refractivity contribution in [2.75, 3.05) is 24.2 Å². The average Bonchev–Trinajstić information content (AvgIpc) is 2.52. The van der Waals surface area contributed by atoms with Crippen LogP contribution in [0.2, 0.25) is 0 Å². The molecule has 1 heterocycles. The molecule has 0 unspecified atom stereocenters. The van der Waals surface area contributed by atoms with Crippen LogP contribution in [0, 0.1) is 13.8 Å². The smallest absolute Gasteiger partial charge is 0.240 e. The van der Waals surface area contributed by atoms with Gasteiger partial charge < -0.3 is 10.6 Å². The minimum atomic E-state index is -3.51. The third kappa shape index (κ3) is 3.96. The molecule has 7 nitrogen and oxygen atoms in total. The summed E-state index contributed by atoms with van der Waals surface area (Å²) in [5, 5.41) is 6.20. The zero-order valence-corrected chi connectivity index (χ0v) is 14.5. The Hall–Kier alpha value is -2.19. The van der Waals surface area contributed by atoms with E-state index in [-0.39, 0.29) is 4.90 Å². The number of sulfonamides is 1. The average molecular weight is 335 g/mol. The highest BCUT2D eigenvalue weighted by atomic mass is 32.2.